The molecule has 5 heteroatoms. The van der Waals surface area contributed by atoms with Crippen LogP contribution in [0.5, 0.6) is 0 Å². The van der Waals surface area contributed by atoms with Gasteiger partial charge < -0.3 is 9.64 Å². The molecule has 1 amide bonds. The van der Waals surface area contributed by atoms with E-state index in [2.05, 4.69) is 4.98 Å². The van der Waals surface area contributed by atoms with E-state index in [0.29, 0.717) is 25.3 Å². The Balaban J connectivity index is 1.59. The number of nitrogens with zero attached hydrogens (tertiary/aromatic N) is 2. The summed E-state index contributed by atoms with van der Waals surface area (Å²) in [4.78, 5) is 18.3. The fourth-order valence-corrected chi connectivity index (χ4v) is 2.74. The highest BCUT2D eigenvalue weighted by Crippen LogP contribution is 2.19. The molecule has 2 aromatic rings. The zero-order chi connectivity index (χ0) is 16.2. The Hall–Kier alpha value is -2.27. The Kier molecular flexibility index (Phi) is 4.67. The largest absolute Gasteiger partial charge is 0.372 e. The van der Waals surface area contributed by atoms with Crippen LogP contribution in [0.15, 0.2) is 42.7 Å². The van der Waals surface area contributed by atoms with Crippen LogP contribution in [0.2, 0.25) is 0 Å². The number of hydrogen-bond acceptors (Lipinski definition) is 3. The van der Waals surface area contributed by atoms with Crippen LogP contribution in [-0.4, -0.2) is 35.0 Å². The molecule has 1 fully saturated rings. The smallest absolute Gasteiger partial charge is 0.254 e. The lowest BCUT2D eigenvalue weighted by atomic mass is 10.1. The minimum Gasteiger partial charge on any atom is -0.372 e. The number of rotatable bonds is 4. The first-order chi connectivity index (χ1) is 11.1. The van der Waals surface area contributed by atoms with Crippen molar-refractivity contribution in [1.29, 1.82) is 0 Å². The van der Waals surface area contributed by atoms with Crippen LogP contribution in [0.3, 0.4) is 0 Å². The molecule has 0 saturated carbocycles. The van der Waals surface area contributed by atoms with E-state index in [0.717, 1.165) is 17.5 Å². The fraction of sp³-hybridized carbons (Fsp3) is 0.333. The van der Waals surface area contributed by atoms with Gasteiger partial charge in [-0.2, -0.15) is 0 Å². The second-order valence-electron chi connectivity index (χ2n) is 5.79. The molecule has 0 aliphatic carbocycles. The Morgan fingerprint density at radius 1 is 1.43 bits per heavy atom. The van der Waals surface area contributed by atoms with E-state index in [-0.39, 0.29) is 17.8 Å². The Morgan fingerprint density at radius 2 is 2.30 bits per heavy atom. The molecule has 1 aliphatic rings. The third-order valence-electron chi connectivity index (χ3n) is 4.07. The first kappa shape index (κ1) is 15.6. The number of pyridine rings is 1. The van der Waals surface area contributed by atoms with Crippen molar-refractivity contribution in [3.63, 3.8) is 0 Å². The van der Waals surface area contributed by atoms with Crippen molar-refractivity contribution < 1.29 is 13.9 Å². The third kappa shape index (κ3) is 3.74. The number of benzene rings is 1. The van der Waals surface area contributed by atoms with E-state index in [1.807, 2.05) is 19.1 Å². The van der Waals surface area contributed by atoms with E-state index >= 15 is 0 Å². The van der Waals surface area contributed by atoms with Crippen LogP contribution < -0.4 is 0 Å². The molecule has 120 valence electrons. The number of hydrogen-bond donors (Lipinski definition) is 0. The normalized spacial score (nSPS) is 17.5. The number of halogens is 1. The van der Waals surface area contributed by atoms with Crippen molar-refractivity contribution in [3.8, 4) is 0 Å². The van der Waals surface area contributed by atoms with E-state index in [1.165, 1.54) is 12.1 Å². The standard InChI is InChI=1S/C18H19FN2O2/c1-13-4-5-15(19)9-17(13)18(22)21-8-6-16(11-21)23-12-14-3-2-7-20-10-14/h2-5,7,9-10,16H,6,8,11-12H2,1H3/t16-/m0/s1. The average Bonchev–Trinajstić information content (AvgIpc) is 3.04. The van der Waals surface area contributed by atoms with Gasteiger partial charge in [0.05, 0.1) is 12.7 Å². The summed E-state index contributed by atoms with van der Waals surface area (Å²) < 4.78 is 19.2. The lowest BCUT2D eigenvalue weighted by Gasteiger charge is -2.18. The summed E-state index contributed by atoms with van der Waals surface area (Å²) in [7, 11) is 0. The molecule has 0 radical (unpaired) electrons. The lowest BCUT2D eigenvalue weighted by molar-refractivity contribution is 0.0436. The van der Waals surface area contributed by atoms with Crippen molar-refractivity contribution in [2.45, 2.75) is 26.1 Å². The summed E-state index contributed by atoms with van der Waals surface area (Å²) in [5.41, 5.74) is 2.23. The molecule has 0 spiro atoms. The zero-order valence-electron chi connectivity index (χ0n) is 13.0. The first-order valence-electron chi connectivity index (χ1n) is 7.69. The molecule has 0 unspecified atom stereocenters. The number of aromatic nitrogens is 1. The monoisotopic (exact) mass is 314 g/mol. The van der Waals surface area contributed by atoms with Gasteiger partial charge in [-0.15, -0.1) is 0 Å². The Labute approximate surface area is 134 Å². The summed E-state index contributed by atoms with van der Waals surface area (Å²) in [6.45, 7) is 3.47. The van der Waals surface area contributed by atoms with Gasteiger partial charge in [-0.3, -0.25) is 9.78 Å². The Morgan fingerprint density at radius 3 is 3.09 bits per heavy atom. The Bertz CT molecular complexity index is 691. The van der Waals surface area contributed by atoms with Gasteiger partial charge in [0.1, 0.15) is 5.82 Å². The molecule has 1 atom stereocenters. The number of ether oxygens (including phenoxy) is 1. The van der Waals surface area contributed by atoms with Crippen LogP contribution >= 0.6 is 0 Å². The number of aryl methyl sites for hydroxylation is 1. The van der Waals surface area contributed by atoms with E-state index in [4.69, 9.17) is 4.74 Å². The maximum absolute atomic E-state index is 13.4. The number of carbonyl (C=O) groups excluding carboxylic acids is 1. The van der Waals surface area contributed by atoms with Gasteiger partial charge in [0.15, 0.2) is 0 Å². The molecule has 1 aromatic carbocycles. The third-order valence-corrected chi connectivity index (χ3v) is 4.07. The fourth-order valence-electron chi connectivity index (χ4n) is 2.74. The molecular formula is C18H19FN2O2. The van der Waals surface area contributed by atoms with E-state index in [9.17, 15) is 9.18 Å². The minimum absolute atomic E-state index is 0.00743. The number of carbonyl (C=O) groups is 1. The van der Waals surface area contributed by atoms with Crippen LogP contribution in [0.1, 0.15) is 27.9 Å². The van der Waals surface area contributed by atoms with Crippen LogP contribution in [0.25, 0.3) is 0 Å². The highest BCUT2D eigenvalue weighted by Gasteiger charge is 2.28. The van der Waals surface area contributed by atoms with E-state index in [1.54, 1.807) is 23.4 Å². The molecule has 1 aromatic heterocycles. The molecule has 2 heterocycles. The topological polar surface area (TPSA) is 42.4 Å². The average molecular weight is 314 g/mol. The van der Waals surface area contributed by atoms with Gasteiger partial charge >= 0.3 is 0 Å². The highest BCUT2D eigenvalue weighted by molar-refractivity contribution is 5.95. The second kappa shape index (κ2) is 6.87. The number of likely N-dealkylation sites (tertiary alicyclic amines) is 1. The molecule has 0 N–H and O–H groups in total. The van der Waals surface area contributed by atoms with Gasteiger partial charge in [0, 0.05) is 31.0 Å². The predicted octanol–water partition coefficient (Wildman–Crippen LogP) is 2.96. The summed E-state index contributed by atoms with van der Waals surface area (Å²) in [6, 6.07) is 8.14. The van der Waals surface area contributed by atoms with Crippen molar-refractivity contribution in [1.82, 2.24) is 9.88 Å². The molecule has 1 aliphatic heterocycles. The van der Waals surface area contributed by atoms with Crippen molar-refractivity contribution in [2.75, 3.05) is 13.1 Å². The van der Waals surface area contributed by atoms with Crippen LogP contribution in [-0.2, 0) is 11.3 Å². The second-order valence-corrected chi connectivity index (χ2v) is 5.79. The molecule has 3 rings (SSSR count). The van der Waals surface area contributed by atoms with E-state index < -0.39 is 0 Å². The van der Waals surface area contributed by atoms with Gasteiger partial charge in [-0.1, -0.05) is 12.1 Å². The summed E-state index contributed by atoms with van der Waals surface area (Å²) >= 11 is 0. The van der Waals surface area contributed by atoms with Crippen molar-refractivity contribution in [3.05, 3.63) is 65.2 Å². The van der Waals surface area contributed by atoms with Crippen LogP contribution in [0.4, 0.5) is 4.39 Å². The van der Waals surface area contributed by atoms with Crippen molar-refractivity contribution in [2.24, 2.45) is 0 Å². The first-order valence-corrected chi connectivity index (χ1v) is 7.69. The van der Waals surface area contributed by atoms with Crippen molar-refractivity contribution >= 4 is 5.91 Å². The number of amides is 1. The molecule has 23 heavy (non-hydrogen) atoms. The van der Waals surface area contributed by atoms with Gasteiger partial charge in [0.25, 0.3) is 5.91 Å². The molecule has 4 nitrogen and oxygen atoms in total. The minimum atomic E-state index is -0.387. The maximum Gasteiger partial charge on any atom is 0.254 e. The summed E-state index contributed by atoms with van der Waals surface area (Å²) in [5, 5.41) is 0. The lowest BCUT2D eigenvalue weighted by Crippen LogP contribution is -2.30. The van der Waals surface area contributed by atoms with Gasteiger partial charge in [-0.05, 0) is 42.7 Å². The quantitative estimate of drug-likeness (QED) is 0.871. The zero-order valence-corrected chi connectivity index (χ0v) is 13.0. The summed E-state index contributed by atoms with van der Waals surface area (Å²) in [6.07, 6.45) is 4.29. The predicted molar refractivity (Wildman–Crippen MR) is 84.5 cm³/mol. The molecule has 1 saturated heterocycles. The maximum atomic E-state index is 13.4. The molecular weight excluding hydrogens is 295 g/mol. The van der Waals surface area contributed by atoms with Gasteiger partial charge in [0.2, 0.25) is 0 Å². The summed E-state index contributed by atoms with van der Waals surface area (Å²) in [5.74, 6) is -0.517. The van der Waals surface area contributed by atoms with Crippen LogP contribution in [0, 0.1) is 12.7 Å². The highest BCUT2D eigenvalue weighted by atomic mass is 19.1. The molecule has 0 bridgehead atoms. The van der Waals surface area contributed by atoms with Gasteiger partial charge in [-0.25, -0.2) is 4.39 Å². The SMILES string of the molecule is Cc1ccc(F)cc1C(=O)N1CC[C@H](OCc2cccnc2)C1.